The molecule has 0 atom stereocenters. The van der Waals surface area contributed by atoms with E-state index in [1.165, 1.54) is 28.7 Å². The Morgan fingerprint density at radius 3 is 2.43 bits per heavy atom. The molecule has 2 saturated heterocycles. The minimum atomic E-state index is -4.41. The molecule has 0 N–H and O–H groups in total. The predicted octanol–water partition coefficient (Wildman–Crippen LogP) is 4.48. The van der Waals surface area contributed by atoms with Gasteiger partial charge in [-0.15, -0.1) is 22.7 Å². The summed E-state index contributed by atoms with van der Waals surface area (Å²) < 4.78 is 39.3. The molecule has 0 saturated carbocycles. The molecule has 2 aromatic heterocycles. The predicted molar refractivity (Wildman–Crippen MR) is 129 cm³/mol. The third-order valence-corrected chi connectivity index (χ3v) is 8.50. The first kappa shape index (κ1) is 24.0. The molecule has 0 radical (unpaired) electrons. The van der Waals surface area contributed by atoms with Crippen molar-refractivity contribution < 1.29 is 22.8 Å². The molecule has 2 amide bonds. The highest BCUT2D eigenvalue weighted by Crippen LogP contribution is 2.37. The number of piperazine rings is 1. The van der Waals surface area contributed by atoms with Crippen molar-refractivity contribution in [2.75, 3.05) is 39.3 Å². The van der Waals surface area contributed by atoms with E-state index in [9.17, 15) is 22.8 Å². The maximum atomic E-state index is 13.1. The molecule has 184 valence electrons. The minimum Gasteiger partial charge on any atom is -0.335 e. The molecule has 3 aromatic rings. The van der Waals surface area contributed by atoms with Gasteiger partial charge in [0.25, 0.3) is 11.8 Å². The summed E-state index contributed by atoms with van der Waals surface area (Å²) in [7, 11) is 0. The summed E-state index contributed by atoms with van der Waals surface area (Å²) in [6.07, 6.45) is -2.78. The van der Waals surface area contributed by atoms with E-state index in [0.717, 1.165) is 30.8 Å². The molecule has 6 nitrogen and oxygen atoms in total. The molecular formula is C24H23F3N4O2S2. The first-order valence-corrected chi connectivity index (χ1v) is 12.9. The first-order valence-electron chi connectivity index (χ1n) is 11.2. The molecule has 0 aliphatic carbocycles. The lowest BCUT2D eigenvalue weighted by atomic mass is 10.0. The van der Waals surface area contributed by atoms with Crippen molar-refractivity contribution in [2.45, 2.75) is 19.1 Å². The summed E-state index contributed by atoms with van der Waals surface area (Å²) in [6.45, 7) is 5.79. The van der Waals surface area contributed by atoms with Crippen LogP contribution in [0.4, 0.5) is 13.2 Å². The van der Waals surface area contributed by atoms with Gasteiger partial charge in [-0.2, -0.15) is 13.2 Å². The number of likely N-dealkylation sites (tertiary alicyclic amines) is 1. The molecule has 35 heavy (non-hydrogen) atoms. The first-order chi connectivity index (χ1) is 16.7. The largest absolute Gasteiger partial charge is 0.416 e. The third-order valence-electron chi connectivity index (χ3n) is 6.46. The number of thiophene rings is 1. The van der Waals surface area contributed by atoms with Crippen LogP contribution in [0.1, 0.15) is 30.6 Å². The van der Waals surface area contributed by atoms with Crippen LogP contribution in [0.25, 0.3) is 10.4 Å². The average Bonchev–Trinajstić information content (AvgIpc) is 3.48. The topological polar surface area (TPSA) is 56.8 Å². The van der Waals surface area contributed by atoms with Gasteiger partial charge in [0.1, 0.15) is 0 Å². The Labute approximate surface area is 208 Å². The van der Waals surface area contributed by atoms with Gasteiger partial charge in [-0.3, -0.25) is 14.5 Å². The minimum absolute atomic E-state index is 0.0327. The number of halogens is 3. The zero-order valence-electron chi connectivity index (χ0n) is 18.9. The number of thiazole rings is 1. The van der Waals surface area contributed by atoms with Gasteiger partial charge in [0.05, 0.1) is 10.4 Å². The number of aromatic nitrogens is 1. The highest BCUT2D eigenvalue weighted by atomic mass is 32.1. The number of nitrogens with zero attached hydrogens (tertiary/aromatic N) is 4. The van der Waals surface area contributed by atoms with E-state index in [0.29, 0.717) is 46.5 Å². The summed E-state index contributed by atoms with van der Waals surface area (Å²) in [6, 6.07) is 7.22. The van der Waals surface area contributed by atoms with Gasteiger partial charge in [0, 0.05) is 61.8 Å². The molecule has 2 aliphatic heterocycles. The van der Waals surface area contributed by atoms with Crippen LogP contribution < -0.4 is 0 Å². The van der Waals surface area contributed by atoms with Crippen LogP contribution in [0.3, 0.4) is 0 Å². The summed E-state index contributed by atoms with van der Waals surface area (Å²) in [4.78, 5) is 36.7. The van der Waals surface area contributed by atoms with Crippen LogP contribution in [0, 0.1) is 6.92 Å². The molecule has 2 fully saturated rings. The lowest BCUT2D eigenvalue weighted by Gasteiger charge is -2.47. The Balaban J connectivity index is 1.17. The van der Waals surface area contributed by atoms with Crippen molar-refractivity contribution in [3.63, 3.8) is 0 Å². The number of aryl methyl sites for hydroxylation is 1. The van der Waals surface area contributed by atoms with Crippen LogP contribution >= 0.6 is 22.7 Å². The van der Waals surface area contributed by atoms with Crippen molar-refractivity contribution >= 4 is 34.5 Å². The highest BCUT2D eigenvalue weighted by Gasteiger charge is 2.38. The quantitative estimate of drug-likeness (QED) is 0.509. The van der Waals surface area contributed by atoms with Gasteiger partial charge in [-0.1, -0.05) is 12.1 Å². The summed E-state index contributed by atoms with van der Waals surface area (Å²) in [5, 5.41) is 2.30. The lowest BCUT2D eigenvalue weighted by Crippen LogP contribution is -2.64. The molecule has 5 rings (SSSR count). The number of alkyl halides is 3. The maximum Gasteiger partial charge on any atom is 0.416 e. The summed E-state index contributed by atoms with van der Waals surface area (Å²) in [5.41, 5.74) is 0.554. The van der Waals surface area contributed by atoms with E-state index in [1.807, 2.05) is 11.8 Å². The molecule has 0 spiro atoms. The molecule has 0 bridgehead atoms. The average molecular weight is 521 g/mol. The number of benzene rings is 1. The Morgan fingerprint density at radius 1 is 1.03 bits per heavy atom. The zero-order chi connectivity index (χ0) is 24.7. The van der Waals surface area contributed by atoms with Gasteiger partial charge >= 0.3 is 6.18 Å². The van der Waals surface area contributed by atoms with E-state index in [2.05, 4.69) is 9.88 Å². The molecule has 0 unspecified atom stereocenters. The van der Waals surface area contributed by atoms with Crippen LogP contribution in [0.15, 0.2) is 41.9 Å². The summed E-state index contributed by atoms with van der Waals surface area (Å²) in [5.74, 6) is -0.125. The SMILES string of the molecule is Cc1cc(C(=O)N2CC(N3CCN(C(=O)c4nccs4)CC3)C2)sc1-c1cccc(C(F)(F)F)c1. The van der Waals surface area contributed by atoms with Gasteiger partial charge < -0.3 is 9.80 Å². The zero-order valence-corrected chi connectivity index (χ0v) is 20.6. The number of carbonyl (C=O) groups excluding carboxylic acids is 2. The number of hydrogen-bond acceptors (Lipinski definition) is 6. The lowest BCUT2D eigenvalue weighted by molar-refractivity contribution is -0.137. The van der Waals surface area contributed by atoms with Gasteiger partial charge in [0.15, 0.2) is 5.01 Å². The van der Waals surface area contributed by atoms with Gasteiger partial charge in [0.2, 0.25) is 0 Å². The number of carbonyl (C=O) groups is 2. The molecule has 4 heterocycles. The van der Waals surface area contributed by atoms with E-state index in [4.69, 9.17) is 0 Å². The summed E-state index contributed by atoms with van der Waals surface area (Å²) >= 11 is 2.58. The maximum absolute atomic E-state index is 13.1. The molecule has 2 aliphatic rings. The Hall–Kier alpha value is -2.76. The van der Waals surface area contributed by atoms with Crippen molar-refractivity contribution in [2.24, 2.45) is 0 Å². The molecule has 11 heteroatoms. The highest BCUT2D eigenvalue weighted by molar-refractivity contribution is 7.17. The van der Waals surface area contributed by atoms with Crippen molar-refractivity contribution in [1.82, 2.24) is 19.7 Å². The monoisotopic (exact) mass is 520 g/mol. The smallest absolute Gasteiger partial charge is 0.335 e. The van der Waals surface area contributed by atoms with E-state index in [1.54, 1.807) is 28.6 Å². The Kier molecular flexibility index (Phi) is 6.41. The third kappa shape index (κ3) is 4.85. The standard InChI is InChI=1S/C24H23F3N4O2S2/c1-15-11-19(35-20(15)16-3-2-4-17(12-16)24(25,26)27)22(32)31-13-18(14-31)29-6-8-30(9-7-29)23(33)21-28-5-10-34-21/h2-5,10-12,18H,6-9,13-14H2,1H3. The fourth-order valence-electron chi connectivity index (χ4n) is 4.47. The van der Waals surface area contributed by atoms with Crippen LogP contribution in [0.5, 0.6) is 0 Å². The van der Waals surface area contributed by atoms with Crippen molar-refractivity contribution in [1.29, 1.82) is 0 Å². The fraction of sp³-hybridized carbons (Fsp3) is 0.375. The Morgan fingerprint density at radius 2 is 1.77 bits per heavy atom. The van der Waals surface area contributed by atoms with Crippen LogP contribution in [-0.4, -0.2) is 76.8 Å². The Bertz CT molecular complexity index is 1230. The second-order valence-electron chi connectivity index (χ2n) is 8.73. The number of hydrogen-bond donors (Lipinski definition) is 0. The fourth-order valence-corrected chi connectivity index (χ4v) is 6.21. The van der Waals surface area contributed by atoms with Crippen molar-refractivity contribution in [3.05, 3.63) is 62.9 Å². The van der Waals surface area contributed by atoms with E-state index in [-0.39, 0.29) is 17.9 Å². The number of amides is 2. The van der Waals surface area contributed by atoms with E-state index >= 15 is 0 Å². The van der Waals surface area contributed by atoms with E-state index < -0.39 is 11.7 Å². The van der Waals surface area contributed by atoms with Crippen LogP contribution in [-0.2, 0) is 6.18 Å². The van der Waals surface area contributed by atoms with Crippen LogP contribution in [0.2, 0.25) is 0 Å². The molecular weight excluding hydrogens is 497 g/mol. The van der Waals surface area contributed by atoms with Gasteiger partial charge in [-0.25, -0.2) is 4.98 Å². The second kappa shape index (κ2) is 9.36. The molecule has 1 aromatic carbocycles. The normalized spacial score (nSPS) is 17.5. The van der Waals surface area contributed by atoms with Crippen molar-refractivity contribution in [3.8, 4) is 10.4 Å². The number of rotatable bonds is 4. The second-order valence-corrected chi connectivity index (χ2v) is 10.7. The van der Waals surface area contributed by atoms with Gasteiger partial charge in [-0.05, 0) is 36.2 Å².